The van der Waals surface area contributed by atoms with E-state index in [9.17, 15) is 9.18 Å². The Bertz CT molecular complexity index is 1020. The number of ether oxygens (including phenoxy) is 1. The van der Waals surface area contributed by atoms with Crippen molar-refractivity contribution in [2.75, 3.05) is 13.2 Å². The molecule has 0 fully saturated rings. The minimum atomic E-state index is -0.415. The number of nitrogens with one attached hydrogen (secondary N) is 1. The average molecular weight is 443 g/mol. The molecule has 8 heteroatoms. The summed E-state index contributed by atoms with van der Waals surface area (Å²) >= 11 is 1.25. The first-order chi connectivity index (χ1) is 14.9. The Balaban J connectivity index is 1.97. The van der Waals surface area contributed by atoms with Crippen LogP contribution in [0, 0.1) is 11.7 Å². The summed E-state index contributed by atoms with van der Waals surface area (Å²) in [6, 6.07) is 13.9. The van der Waals surface area contributed by atoms with E-state index in [0.717, 1.165) is 11.3 Å². The van der Waals surface area contributed by atoms with E-state index in [2.05, 4.69) is 15.5 Å². The van der Waals surface area contributed by atoms with E-state index in [1.165, 1.54) is 17.8 Å². The molecule has 3 aromatic rings. The monoisotopic (exact) mass is 442 g/mol. The predicted molar refractivity (Wildman–Crippen MR) is 121 cm³/mol. The second-order valence-electron chi connectivity index (χ2n) is 7.45. The number of hydrogen-bond donors (Lipinski definition) is 1. The number of para-hydroxylation sites is 1. The van der Waals surface area contributed by atoms with Crippen molar-refractivity contribution in [3.63, 3.8) is 0 Å². The van der Waals surface area contributed by atoms with Crippen LogP contribution >= 0.6 is 11.8 Å². The van der Waals surface area contributed by atoms with Crippen molar-refractivity contribution in [1.29, 1.82) is 0 Å². The normalized spacial score (nSPS) is 12.1. The number of halogens is 1. The third-order valence-corrected chi connectivity index (χ3v) is 5.53. The Morgan fingerprint density at radius 2 is 1.84 bits per heavy atom. The topological polar surface area (TPSA) is 69.0 Å². The third kappa shape index (κ3) is 5.64. The number of carbonyl (C=O) groups excluding carboxylic acids is 1. The highest BCUT2D eigenvalue weighted by atomic mass is 32.2. The van der Waals surface area contributed by atoms with Gasteiger partial charge in [0.15, 0.2) is 11.0 Å². The summed E-state index contributed by atoms with van der Waals surface area (Å²) < 4.78 is 21.9. The van der Waals surface area contributed by atoms with Crippen LogP contribution in [0.25, 0.3) is 17.1 Å². The highest BCUT2D eigenvalue weighted by Gasteiger charge is 2.23. The first kappa shape index (κ1) is 22.8. The maximum atomic E-state index is 14.7. The van der Waals surface area contributed by atoms with Gasteiger partial charge in [-0.25, -0.2) is 4.39 Å². The van der Waals surface area contributed by atoms with Crippen LogP contribution in [-0.2, 0) is 4.79 Å². The molecule has 1 N–H and O–H groups in total. The van der Waals surface area contributed by atoms with Crippen molar-refractivity contribution >= 4 is 17.7 Å². The summed E-state index contributed by atoms with van der Waals surface area (Å²) in [4.78, 5) is 12.5. The molecule has 0 spiro atoms. The van der Waals surface area contributed by atoms with Crippen molar-refractivity contribution in [3.8, 4) is 22.8 Å². The van der Waals surface area contributed by atoms with Gasteiger partial charge in [-0.3, -0.25) is 9.36 Å². The molecule has 6 nitrogen and oxygen atoms in total. The zero-order chi connectivity index (χ0) is 22.4. The second-order valence-corrected chi connectivity index (χ2v) is 8.76. The third-order valence-electron chi connectivity index (χ3n) is 4.49. The van der Waals surface area contributed by atoms with Crippen molar-refractivity contribution in [3.05, 3.63) is 54.3 Å². The van der Waals surface area contributed by atoms with Gasteiger partial charge in [-0.1, -0.05) is 37.7 Å². The largest absolute Gasteiger partial charge is 0.494 e. The first-order valence-corrected chi connectivity index (χ1v) is 11.2. The van der Waals surface area contributed by atoms with Gasteiger partial charge in [0.1, 0.15) is 11.6 Å². The van der Waals surface area contributed by atoms with Crippen LogP contribution in [0.15, 0.2) is 53.7 Å². The average Bonchev–Trinajstić information content (AvgIpc) is 3.16. The summed E-state index contributed by atoms with van der Waals surface area (Å²) in [5.41, 5.74) is 1.09. The maximum Gasteiger partial charge on any atom is 0.233 e. The van der Waals surface area contributed by atoms with Gasteiger partial charge >= 0.3 is 0 Å². The van der Waals surface area contributed by atoms with Crippen molar-refractivity contribution in [2.24, 2.45) is 5.92 Å². The van der Waals surface area contributed by atoms with Gasteiger partial charge in [0.25, 0.3) is 0 Å². The predicted octanol–water partition coefficient (Wildman–Crippen LogP) is 4.72. The van der Waals surface area contributed by atoms with Gasteiger partial charge in [-0.2, -0.15) is 0 Å². The Morgan fingerprint density at radius 3 is 2.48 bits per heavy atom. The van der Waals surface area contributed by atoms with E-state index in [-0.39, 0.29) is 5.91 Å². The molecule has 1 unspecified atom stereocenters. The molecule has 164 valence electrons. The highest BCUT2D eigenvalue weighted by molar-refractivity contribution is 8.00. The molecular formula is C23H27FN4O2S. The van der Waals surface area contributed by atoms with Crippen LogP contribution in [0.3, 0.4) is 0 Å². The van der Waals surface area contributed by atoms with Crippen molar-refractivity contribution < 1.29 is 13.9 Å². The van der Waals surface area contributed by atoms with Crippen molar-refractivity contribution in [2.45, 2.75) is 38.1 Å². The van der Waals surface area contributed by atoms with Gasteiger partial charge < -0.3 is 10.1 Å². The van der Waals surface area contributed by atoms with E-state index < -0.39 is 11.1 Å². The highest BCUT2D eigenvalue weighted by Crippen LogP contribution is 2.31. The van der Waals surface area contributed by atoms with Gasteiger partial charge in [-0.15, -0.1) is 10.2 Å². The molecule has 1 aromatic heterocycles. The molecule has 0 aliphatic rings. The van der Waals surface area contributed by atoms with Crippen LogP contribution in [0.1, 0.15) is 27.7 Å². The van der Waals surface area contributed by atoms with Gasteiger partial charge in [0, 0.05) is 12.1 Å². The summed E-state index contributed by atoms with van der Waals surface area (Å²) in [7, 11) is 0. The van der Waals surface area contributed by atoms with E-state index in [1.54, 1.807) is 29.7 Å². The van der Waals surface area contributed by atoms with Gasteiger partial charge in [0.2, 0.25) is 5.91 Å². The summed E-state index contributed by atoms with van der Waals surface area (Å²) in [6.45, 7) is 8.97. The zero-order valence-electron chi connectivity index (χ0n) is 18.1. The lowest BCUT2D eigenvalue weighted by Gasteiger charge is -2.15. The number of carbonyl (C=O) groups is 1. The molecule has 0 radical (unpaired) electrons. The minimum Gasteiger partial charge on any atom is -0.494 e. The Morgan fingerprint density at radius 1 is 1.13 bits per heavy atom. The zero-order valence-corrected chi connectivity index (χ0v) is 18.9. The number of benzene rings is 2. The molecule has 3 rings (SSSR count). The number of hydrogen-bond acceptors (Lipinski definition) is 5. The Hall–Kier alpha value is -2.87. The summed E-state index contributed by atoms with van der Waals surface area (Å²) in [6.07, 6.45) is 0. The summed E-state index contributed by atoms with van der Waals surface area (Å²) in [5, 5.41) is 11.6. The molecule has 0 saturated carbocycles. The van der Waals surface area contributed by atoms with E-state index in [4.69, 9.17) is 4.74 Å². The molecule has 0 aliphatic carbocycles. The Kier molecular flexibility index (Phi) is 7.68. The number of rotatable bonds is 9. The fourth-order valence-corrected chi connectivity index (χ4v) is 3.80. The van der Waals surface area contributed by atoms with Crippen molar-refractivity contribution in [1.82, 2.24) is 20.1 Å². The summed E-state index contributed by atoms with van der Waals surface area (Å²) in [5.74, 6) is 1.10. The second kappa shape index (κ2) is 10.4. The lowest BCUT2D eigenvalue weighted by atomic mass is 10.2. The van der Waals surface area contributed by atoms with Gasteiger partial charge in [0.05, 0.1) is 17.5 Å². The molecule has 0 aliphatic heterocycles. The van der Waals surface area contributed by atoms with E-state index in [1.807, 2.05) is 45.0 Å². The molecular weight excluding hydrogens is 415 g/mol. The van der Waals surface area contributed by atoms with Crippen LogP contribution in [0.4, 0.5) is 4.39 Å². The SMILES string of the molecule is CCOc1ccc(-c2nnc(SC(C)C(=O)NCC(C)C)n2-c2ccccc2F)cc1. The fourth-order valence-electron chi connectivity index (χ4n) is 2.91. The van der Waals surface area contributed by atoms with E-state index in [0.29, 0.717) is 35.7 Å². The standard InChI is InChI=1S/C23H27FN4O2S/c1-5-30-18-12-10-17(11-13-18)21-26-27-23(28(21)20-9-7-6-8-19(20)24)31-16(4)22(29)25-14-15(2)3/h6-13,15-16H,5,14H2,1-4H3,(H,25,29). The number of aromatic nitrogens is 3. The number of thioether (sulfide) groups is 1. The van der Waals surface area contributed by atoms with E-state index >= 15 is 0 Å². The lowest BCUT2D eigenvalue weighted by Crippen LogP contribution is -2.33. The molecule has 1 heterocycles. The van der Waals surface area contributed by atoms with Crippen LogP contribution in [0.2, 0.25) is 0 Å². The van der Waals surface area contributed by atoms with Crippen LogP contribution < -0.4 is 10.1 Å². The van der Waals surface area contributed by atoms with Crippen LogP contribution in [-0.4, -0.2) is 39.1 Å². The maximum absolute atomic E-state index is 14.7. The first-order valence-electron chi connectivity index (χ1n) is 10.3. The molecule has 0 bridgehead atoms. The smallest absolute Gasteiger partial charge is 0.233 e. The Labute approximate surface area is 186 Å². The van der Waals surface area contributed by atoms with Crippen LogP contribution in [0.5, 0.6) is 5.75 Å². The molecule has 0 saturated heterocycles. The molecule has 1 atom stereocenters. The fraction of sp³-hybridized carbons (Fsp3) is 0.348. The quantitative estimate of drug-likeness (QED) is 0.486. The van der Waals surface area contributed by atoms with Gasteiger partial charge in [-0.05, 0) is 56.2 Å². The number of amides is 1. The minimum absolute atomic E-state index is 0.0931. The molecule has 31 heavy (non-hydrogen) atoms. The molecule has 2 aromatic carbocycles. The number of nitrogens with zero attached hydrogens (tertiary/aromatic N) is 3. The lowest BCUT2D eigenvalue weighted by molar-refractivity contribution is -0.120. The molecule has 1 amide bonds.